The van der Waals surface area contributed by atoms with E-state index in [0.717, 1.165) is 25.8 Å². The molecule has 0 bridgehead atoms. The number of rotatable bonds is 6. The minimum absolute atomic E-state index is 0.123. The lowest BCUT2D eigenvalue weighted by molar-refractivity contribution is 0.0306. The highest BCUT2D eigenvalue weighted by Gasteiger charge is 2.29. The second-order valence-electron chi connectivity index (χ2n) is 5.22. The van der Waals surface area contributed by atoms with Crippen molar-refractivity contribution in [3.05, 3.63) is 0 Å². The van der Waals surface area contributed by atoms with Gasteiger partial charge in [0.1, 0.15) is 9.84 Å². The minimum atomic E-state index is -2.90. The topological polar surface area (TPSA) is 55.4 Å². The van der Waals surface area contributed by atoms with Gasteiger partial charge in [0.15, 0.2) is 0 Å². The molecule has 1 rings (SSSR count). The fraction of sp³-hybridized carbons (Fsp3) is 1.00. The molecule has 0 radical (unpaired) electrons. The van der Waals surface area contributed by atoms with Crippen LogP contribution in [0, 0.1) is 0 Å². The first kappa shape index (κ1) is 14.9. The van der Waals surface area contributed by atoms with Gasteiger partial charge in [-0.2, -0.15) is 0 Å². The van der Waals surface area contributed by atoms with Crippen LogP contribution in [0.15, 0.2) is 0 Å². The maximum atomic E-state index is 11.5. The lowest BCUT2D eigenvalue weighted by Crippen LogP contribution is -2.34. The van der Waals surface area contributed by atoms with Crippen molar-refractivity contribution in [3.8, 4) is 0 Å². The lowest BCUT2D eigenvalue weighted by atomic mass is 9.97. The average molecular weight is 263 g/mol. The van der Waals surface area contributed by atoms with Crippen LogP contribution < -0.4 is 5.32 Å². The Morgan fingerprint density at radius 3 is 2.65 bits per heavy atom. The predicted octanol–water partition coefficient (Wildman–Crippen LogP) is 1.36. The molecule has 0 heterocycles. The van der Waals surface area contributed by atoms with Crippen molar-refractivity contribution in [3.63, 3.8) is 0 Å². The standard InChI is InChI=1S/C12H25NO3S/c1-10(2)13-7-8-16-11-5-4-6-12(9-11)17(3,14)15/h10-13H,4-9H2,1-3H3. The van der Waals surface area contributed by atoms with E-state index < -0.39 is 9.84 Å². The van der Waals surface area contributed by atoms with Crippen LogP contribution in [0.4, 0.5) is 0 Å². The Morgan fingerprint density at radius 1 is 1.35 bits per heavy atom. The van der Waals surface area contributed by atoms with Crippen LogP contribution in [0.2, 0.25) is 0 Å². The number of hydrogen-bond donors (Lipinski definition) is 1. The van der Waals surface area contributed by atoms with Crippen molar-refractivity contribution in [1.82, 2.24) is 5.32 Å². The van der Waals surface area contributed by atoms with Gasteiger partial charge in [0.05, 0.1) is 18.0 Å². The monoisotopic (exact) mass is 263 g/mol. The third-order valence-corrected chi connectivity index (χ3v) is 4.83. The second kappa shape index (κ2) is 6.71. The molecule has 0 aromatic rings. The summed E-state index contributed by atoms with van der Waals surface area (Å²) in [6.07, 6.45) is 4.87. The molecule has 2 unspecified atom stereocenters. The van der Waals surface area contributed by atoms with E-state index in [0.29, 0.717) is 19.1 Å². The first-order valence-electron chi connectivity index (χ1n) is 6.43. The van der Waals surface area contributed by atoms with E-state index in [4.69, 9.17) is 4.74 Å². The SMILES string of the molecule is CC(C)NCCOC1CCCC(S(C)(=O)=O)C1. The van der Waals surface area contributed by atoms with Gasteiger partial charge in [0.25, 0.3) is 0 Å². The Kier molecular flexibility index (Phi) is 5.89. The second-order valence-corrected chi connectivity index (χ2v) is 7.55. The summed E-state index contributed by atoms with van der Waals surface area (Å²) in [5.41, 5.74) is 0. The fourth-order valence-corrected chi connectivity index (χ4v) is 3.37. The predicted molar refractivity (Wildman–Crippen MR) is 70.0 cm³/mol. The van der Waals surface area contributed by atoms with E-state index >= 15 is 0 Å². The summed E-state index contributed by atoms with van der Waals surface area (Å²) in [5, 5.41) is 3.09. The number of ether oxygens (including phenoxy) is 1. The molecule has 17 heavy (non-hydrogen) atoms. The smallest absolute Gasteiger partial charge is 0.150 e. The van der Waals surface area contributed by atoms with Crippen LogP contribution in [0.1, 0.15) is 39.5 Å². The zero-order valence-electron chi connectivity index (χ0n) is 11.1. The highest BCUT2D eigenvalue weighted by atomic mass is 32.2. The van der Waals surface area contributed by atoms with Crippen LogP contribution in [0.5, 0.6) is 0 Å². The summed E-state index contributed by atoms with van der Waals surface area (Å²) in [5.74, 6) is 0. The molecule has 0 aliphatic heterocycles. The molecule has 1 N–H and O–H groups in total. The fourth-order valence-electron chi connectivity index (χ4n) is 2.22. The molecule has 2 atom stereocenters. The minimum Gasteiger partial charge on any atom is -0.377 e. The molecule has 0 amide bonds. The van der Waals surface area contributed by atoms with Gasteiger partial charge in [-0.15, -0.1) is 0 Å². The van der Waals surface area contributed by atoms with Crippen LogP contribution in [-0.4, -0.2) is 45.2 Å². The van der Waals surface area contributed by atoms with Gasteiger partial charge in [-0.3, -0.25) is 0 Å². The Hall–Kier alpha value is -0.130. The molecule has 0 aromatic heterocycles. The molecule has 5 heteroatoms. The van der Waals surface area contributed by atoms with Crippen LogP contribution in [-0.2, 0) is 14.6 Å². The molecule has 4 nitrogen and oxygen atoms in total. The summed E-state index contributed by atoms with van der Waals surface area (Å²) < 4.78 is 28.7. The van der Waals surface area contributed by atoms with Crippen molar-refractivity contribution in [2.45, 2.75) is 56.9 Å². The zero-order valence-corrected chi connectivity index (χ0v) is 11.9. The largest absolute Gasteiger partial charge is 0.377 e. The molecule has 0 saturated heterocycles. The van der Waals surface area contributed by atoms with E-state index in [2.05, 4.69) is 19.2 Å². The molecule has 1 fully saturated rings. The van der Waals surface area contributed by atoms with E-state index in [1.807, 2.05) is 0 Å². The summed E-state index contributed by atoms with van der Waals surface area (Å²) in [7, 11) is -2.90. The molecular formula is C12H25NO3S. The summed E-state index contributed by atoms with van der Waals surface area (Å²) in [6, 6.07) is 0.466. The van der Waals surface area contributed by atoms with E-state index in [9.17, 15) is 8.42 Å². The van der Waals surface area contributed by atoms with Gasteiger partial charge in [-0.05, 0) is 25.7 Å². The number of hydrogen-bond acceptors (Lipinski definition) is 4. The maximum Gasteiger partial charge on any atom is 0.150 e. The third kappa shape index (κ3) is 5.84. The molecule has 1 aliphatic carbocycles. The van der Waals surface area contributed by atoms with E-state index in [-0.39, 0.29) is 11.4 Å². The van der Waals surface area contributed by atoms with E-state index in [1.54, 1.807) is 0 Å². The molecular weight excluding hydrogens is 238 g/mol. The van der Waals surface area contributed by atoms with Crippen molar-refractivity contribution in [1.29, 1.82) is 0 Å². The molecule has 102 valence electrons. The average Bonchev–Trinajstić information content (AvgIpc) is 2.23. The Bertz CT molecular complexity index is 314. The Morgan fingerprint density at radius 2 is 2.06 bits per heavy atom. The van der Waals surface area contributed by atoms with E-state index in [1.165, 1.54) is 6.26 Å². The van der Waals surface area contributed by atoms with Gasteiger partial charge in [-0.1, -0.05) is 13.8 Å². The highest BCUT2D eigenvalue weighted by Crippen LogP contribution is 2.25. The van der Waals surface area contributed by atoms with Crippen molar-refractivity contribution >= 4 is 9.84 Å². The third-order valence-electron chi connectivity index (χ3n) is 3.19. The first-order valence-corrected chi connectivity index (χ1v) is 8.39. The summed E-state index contributed by atoms with van der Waals surface area (Å²) in [6.45, 7) is 5.69. The summed E-state index contributed by atoms with van der Waals surface area (Å²) >= 11 is 0. The van der Waals surface area contributed by atoms with Gasteiger partial charge in [-0.25, -0.2) is 8.42 Å². The first-order chi connectivity index (χ1) is 7.89. The van der Waals surface area contributed by atoms with Gasteiger partial charge < -0.3 is 10.1 Å². The van der Waals surface area contributed by atoms with Gasteiger partial charge >= 0.3 is 0 Å². The maximum absolute atomic E-state index is 11.5. The number of nitrogens with one attached hydrogen (secondary N) is 1. The quantitative estimate of drug-likeness (QED) is 0.735. The van der Waals surface area contributed by atoms with Gasteiger partial charge in [0, 0.05) is 18.8 Å². The molecule has 0 aromatic carbocycles. The zero-order chi connectivity index (χ0) is 12.9. The van der Waals surface area contributed by atoms with Gasteiger partial charge in [0.2, 0.25) is 0 Å². The highest BCUT2D eigenvalue weighted by molar-refractivity contribution is 7.91. The Balaban J connectivity index is 2.26. The van der Waals surface area contributed by atoms with Crippen molar-refractivity contribution in [2.24, 2.45) is 0 Å². The molecule has 0 spiro atoms. The lowest BCUT2D eigenvalue weighted by Gasteiger charge is -2.28. The molecule has 1 saturated carbocycles. The number of sulfone groups is 1. The Labute approximate surface area is 105 Å². The van der Waals surface area contributed by atoms with Crippen molar-refractivity contribution < 1.29 is 13.2 Å². The summed E-state index contributed by atoms with van der Waals surface area (Å²) in [4.78, 5) is 0. The molecule has 1 aliphatic rings. The van der Waals surface area contributed by atoms with Crippen LogP contribution in [0.25, 0.3) is 0 Å². The van der Waals surface area contributed by atoms with Crippen molar-refractivity contribution in [2.75, 3.05) is 19.4 Å². The van der Waals surface area contributed by atoms with Crippen LogP contribution in [0.3, 0.4) is 0 Å². The van der Waals surface area contributed by atoms with Crippen LogP contribution >= 0.6 is 0 Å². The normalized spacial score (nSPS) is 26.4.